The van der Waals surface area contributed by atoms with Crippen molar-refractivity contribution in [2.24, 2.45) is 4.99 Å². The second-order valence-electron chi connectivity index (χ2n) is 2.34. The van der Waals surface area contributed by atoms with Gasteiger partial charge in [0.1, 0.15) is 0 Å². The van der Waals surface area contributed by atoms with E-state index in [1.165, 1.54) is 5.57 Å². The predicted molar refractivity (Wildman–Crippen MR) is 53.0 cm³/mol. The van der Waals surface area contributed by atoms with Gasteiger partial charge in [0.25, 0.3) is 0 Å². The molecule has 1 aliphatic rings. The zero-order chi connectivity index (χ0) is 8.10. The minimum atomic E-state index is 0.812. The van der Waals surface area contributed by atoms with Crippen molar-refractivity contribution in [2.75, 3.05) is 5.75 Å². The second kappa shape index (κ2) is 4.19. The molecule has 0 aromatic heterocycles. The van der Waals surface area contributed by atoms with Crippen LogP contribution in [-0.2, 0) is 0 Å². The fraction of sp³-hybridized carbons (Fsp3) is 0.222. The van der Waals surface area contributed by atoms with Crippen LogP contribution in [0.25, 0.3) is 0 Å². The van der Waals surface area contributed by atoms with Gasteiger partial charge in [-0.2, -0.15) is 0 Å². The fourth-order valence-corrected chi connectivity index (χ4v) is 1.32. The van der Waals surface area contributed by atoms with Gasteiger partial charge in [-0.15, -0.1) is 11.8 Å². The van der Waals surface area contributed by atoms with Crippen LogP contribution in [0.5, 0.6) is 0 Å². The highest BCUT2D eigenvalue weighted by Gasteiger charge is 1.88. The first-order chi connectivity index (χ1) is 5.29. The molecule has 0 fully saturated rings. The summed E-state index contributed by atoms with van der Waals surface area (Å²) in [6.45, 7) is 5.85. The summed E-state index contributed by atoms with van der Waals surface area (Å²) in [5, 5.41) is 0. The van der Waals surface area contributed by atoms with E-state index in [1.807, 2.05) is 17.7 Å². The molecule has 0 aromatic rings. The van der Waals surface area contributed by atoms with E-state index in [4.69, 9.17) is 0 Å². The molecule has 0 bridgehead atoms. The van der Waals surface area contributed by atoms with Crippen molar-refractivity contribution in [1.82, 2.24) is 0 Å². The van der Waals surface area contributed by atoms with E-state index in [1.54, 1.807) is 11.8 Å². The third-order valence-corrected chi connectivity index (χ3v) is 1.95. The summed E-state index contributed by atoms with van der Waals surface area (Å²) < 4.78 is 0. The fourth-order valence-electron chi connectivity index (χ4n) is 0.666. The highest BCUT2D eigenvalue weighted by Crippen LogP contribution is 2.07. The average molecular weight is 165 g/mol. The number of aliphatic imine (C=N–C) groups is 1. The standard InChI is InChI=1S/C9H11NS/c1-8-3-4-9(2)10-7-11-6-5-8/h3-5,7H,2,6H2,1H3/b4-3-,8-5-,10-7-. The monoisotopic (exact) mass is 165 g/mol. The van der Waals surface area contributed by atoms with Crippen LogP contribution in [0.15, 0.2) is 41.1 Å². The number of hydrogen-bond donors (Lipinski definition) is 0. The number of rotatable bonds is 0. The largest absolute Gasteiger partial charge is 0.251 e. The zero-order valence-corrected chi connectivity index (χ0v) is 7.40. The van der Waals surface area contributed by atoms with Gasteiger partial charge in [0.15, 0.2) is 0 Å². The number of thioether (sulfide) groups is 1. The van der Waals surface area contributed by atoms with Crippen LogP contribution in [0.2, 0.25) is 0 Å². The van der Waals surface area contributed by atoms with Crippen LogP contribution in [-0.4, -0.2) is 11.3 Å². The molecular weight excluding hydrogens is 154 g/mol. The van der Waals surface area contributed by atoms with Crippen LogP contribution >= 0.6 is 11.8 Å². The third kappa shape index (κ3) is 3.23. The van der Waals surface area contributed by atoms with E-state index < -0.39 is 0 Å². The first-order valence-corrected chi connectivity index (χ1v) is 4.52. The van der Waals surface area contributed by atoms with Gasteiger partial charge in [0.05, 0.1) is 11.2 Å². The summed E-state index contributed by atoms with van der Waals surface area (Å²) in [5.41, 5.74) is 3.92. The molecule has 0 amide bonds. The Labute approximate surface area is 71.6 Å². The van der Waals surface area contributed by atoms with Gasteiger partial charge in [-0.25, -0.2) is 0 Å². The Morgan fingerprint density at radius 2 is 2.36 bits per heavy atom. The molecule has 2 heteroatoms. The van der Waals surface area contributed by atoms with E-state index in [2.05, 4.69) is 24.6 Å². The lowest BCUT2D eigenvalue weighted by atomic mass is 10.2. The third-order valence-electron chi connectivity index (χ3n) is 1.33. The lowest BCUT2D eigenvalue weighted by Gasteiger charge is -1.88. The van der Waals surface area contributed by atoms with Gasteiger partial charge in [-0.3, -0.25) is 4.99 Å². The summed E-state index contributed by atoms with van der Waals surface area (Å²) >= 11 is 1.68. The zero-order valence-electron chi connectivity index (χ0n) is 6.58. The molecule has 1 rings (SSSR count). The molecule has 0 aliphatic carbocycles. The Kier molecular flexibility index (Phi) is 3.17. The molecule has 0 N–H and O–H groups in total. The Balaban J connectivity index is 2.74. The lowest BCUT2D eigenvalue weighted by molar-refractivity contribution is 1.43. The van der Waals surface area contributed by atoms with Crippen LogP contribution in [0.4, 0.5) is 0 Å². The first-order valence-electron chi connectivity index (χ1n) is 3.47. The molecular formula is C9H11NS. The van der Waals surface area contributed by atoms with Crippen LogP contribution in [0.3, 0.4) is 0 Å². The molecule has 0 spiro atoms. The van der Waals surface area contributed by atoms with Crippen molar-refractivity contribution in [3.05, 3.63) is 36.1 Å². The number of hydrogen-bond acceptors (Lipinski definition) is 2. The second-order valence-corrected chi connectivity index (χ2v) is 3.22. The first kappa shape index (κ1) is 8.34. The molecule has 0 saturated carbocycles. The molecule has 1 nitrogen and oxygen atoms in total. The smallest absolute Gasteiger partial charge is 0.0606 e. The predicted octanol–water partition coefficient (Wildman–Crippen LogP) is 2.78. The maximum Gasteiger partial charge on any atom is 0.0606 e. The Morgan fingerprint density at radius 3 is 3.18 bits per heavy atom. The molecule has 0 atom stereocenters. The minimum absolute atomic E-state index is 0.812. The lowest BCUT2D eigenvalue weighted by Crippen LogP contribution is -1.72. The van der Waals surface area contributed by atoms with E-state index >= 15 is 0 Å². The summed E-state index contributed by atoms with van der Waals surface area (Å²) in [6, 6.07) is 0. The molecule has 11 heavy (non-hydrogen) atoms. The highest BCUT2D eigenvalue weighted by atomic mass is 32.2. The summed E-state index contributed by atoms with van der Waals surface area (Å²) in [6.07, 6.45) is 6.13. The van der Waals surface area contributed by atoms with Gasteiger partial charge < -0.3 is 0 Å². The van der Waals surface area contributed by atoms with Crippen molar-refractivity contribution in [3.63, 3.8) is 0 Å². The summed E-state index contributed by atoms with van der Waals surface area (Å²) in [5.74, 6) is 0.993. The van der Waals surface area contributed by atoms with Crippen molar-refractivity contribution in [1.29, 1.82) is 0 Å². The molecule has 0 saturated heterocycles. The molecule has 1 aliphatic heterocycles. The topological polar surface area (TPSA) is 12.4 Å². The Bertz CT molecular complexity index is 232. The van der Waals surface area contributed by atoms with Crippen molar-refractivity contribution < 1.29 is 0 Å². The Hall–Kier alpha value is -0.760. The van der Waals surface area contributed by atoms with Crippen molar-refractivity contribution in [2.45, 2.75) is 6.92 Å². The SMILES string of the molecule is C=C1/C=C\C(C)=C/CS/C=N\1. The maximum atomic E-state index is 4.10. The van der Waals surface area contributed by atoms with Gasteiger partial charge in [-0.05, 0) is 13.0 Å². The number of nitrogens with zero attached hydrogens (tertiary/aromatic N) is 1. The van der Waals surface area contributed by atoms with E-state index in [0.29, 0.717) is 0 Å². The summed E-state index contributed by atoms with van der Waals surface area (Å²) in [4.78, 5) is 4.10. The van der Waals surface area contributed by atoms with Gasteiger partial charge in [0.2, 0.25) is 0 Å². The van der Waals surface area contributed by atoms with Gasteiger partial charge in [-0.1, -0.05) is 24.3 Å². The van der Waals surface area contributed by atoms with Crippen LogP contribution in [0.1, 0.15) is 6.92 Å². The van der Waals surface area contributed by atoms with E-state index in [0.717, 1.165) is 11.4 Å². The van der Waals surface area contributed by atoms with Crippen molar-refractivity contribution >= 4 is 17.3 Å². The van der Waals surface area contributed by atoms with Crippen molar-refractivity contribution in [3.8, 4) is 0 Å². The maximum absolute atomic E-state index is 4.10. The molecule has 0 aromatic carbocycles. The average Bonchev–Trinajstić information content (AvgIpc) is 2.06. The van der Waals surface area contributed by atoms with E-state index in [9.17, 15) is 0 Å². The van der Waals surface area contributed by atoms with Gasteiger partial charge >= 0.3 is 0 Å². The molecule has 1 heterocycles. The quantitative estimate of drug-likeness (QED) is 0.537. The molecule has 0 radical (unpaired) electrons. The van der Waals surface area contributed by atoms with Gasteiger partial charge in [0, 0.05) is 5.75 Å². The normalized spacial score (nSPS) is 29.2. The Morgan fingerprint density at radius 1 is 1.55 bits per heavy atom. The molecule has 0 unspecified atom stereocenters. The summed E-state index contributed by atoms with van der Waals surface area (Å²) in [7, 11) is 0. The minimum Gasteiger partial charge on any atom is -0.251 e. The van der Waals surface area contributed by atoms with E-state index in [-0.39, 0.29) is 0 Å². The highest BCUT2D eigenvalue weighted by molar-refractivity contribution is 8.12. The van der Waals surface area contributed by atoms with Crippen LogP contribution in [0, 0.1) is 0 Å². The number of allylic oxidation sites excluding steroid dienone is 3. The van der Waals surface area contributed by atoms with Crippen LogP contribution < -0.4 is 0 Å². The molecule has 58 valence electrons.